The number of ketones is 1. The van der Waals surface area contributed by atoms with Crippen molar-refractivity contribution in [3.8, 4) is 0 Å². The van der Waals surface area contributed by atoms with E-state index in [4.69, 9.17) is 0 Å². The Kier molecular flexibility index (Phi) is 3.82. The van der Waals surface area contributed by atoms with Crippen LogP contribution in [0.25, 0.3) is 6.08 Å². The number of carbonyl (C=O) groups is 1. The molecule has 2 aromatic carbocycles. The Labute approximate surface area is 134 Å². The lowest BCUT2D eigenvalue weighted by molar-refractivity contribution is -0.385. The summed E-state index contributed by atoms with van der Waals surface area (Å²) in [5, 5.41) is 11.3. The molecular formula is C19H17NO3. The quantitative estimate of drug-likeness (QED) is 0.475. The van der Waals surface area contributed by atoms with Gasteiger partial charge in [0.1, 0.15) is 0 Å². The first-order chi connectivity index (χ1) is 11.0. The third-order valence-electron chi connectivity index (χ3n) is 4.15. The van der Waals surface area contributed by atoms with Crippen LogP contribution in [0.5, 0.6) is 0 Å². The minimum Gasteiger partial charge on any atom is -0.289 e. The fraction of sp³-hybridized carbons (Fsp3) is 0.211. The van der Waals surface area contributed by atoms with Gasteiger partial charge >= 0.3 is 0 Å². The number of nitro groups is 1. The first kappa shape index (κ1) is 15.2. The molecule has 0 bridgehead atoms. The normalized spacial score (nSPS) is 15.3. The molecule has 1 aliphatic rings. The first-order valence-corrected chi connectivity index (χ1v) is 7.59. The van der Waals surface area contributed by atoms with Crippen molar-refractivity contribution < 1.29 is 9.72 Å². The molecule has 0 heterocycles. The number of Topliss-reactive ketones (excluding diaryl/α,β-unsaturated/α-hetero) is 1. The van der Waals surface area contributed by atoms with Crippen molar-refractivity contribution in [1.82, 2.24) is 0 Å². The summed E-state index contributed by atoms with van der Waals surface area (Å²) in [5.41, 5.74) is 3.93. The van der Waals surface area contributed by atoms with Gasteiger partial charge in [-0.3, -0.25) is 14.9 Å². The zero-order valence-electron chi connectivity index (χ0n) is 13.1. The van der Waals surface area contributed by atoms with Gasteiger partial charge in [-0.15, -0.1) is 0 Å². The van der Waals surface area contributed by atoms with Gasteiger partial charge in [-0.05, 0) is 23.1 Å². The van der Waals surface area contributed by atoms with E-state index < -0.39 is 0 Å². The zero-order chi connectivity index (χ0) is 16.6. The van der Waals surface area contributed by atoms with E-state index in [1.807, 2.05) is 44.2 Å². The molecule has 0 radical (unpaired) electrons. The molecule has 0 unspecified atom stereocenters. The largest absolute Gasteiger partial charge is 0.289 e. The topological polar surface area (TPSA) is 60.2 Å². The van der Waals surface area contributed by atoms with Gasteiger partial charge in [-0.2, -0.15) is 0 Å². The van der Waals surface area contributed by atoms with Crippen molar-refractivity contribution in [3.63, 3.8) is 0 Å². The Balaban J connectivity index is 2.00. The maximum atomic E-state index is 12.4. The Hall–Kier alpha value is -2.75. The van der Waals surface area contributed by atoms with Crippen molar-refractivity contribution in [3.05, 3.63) is 80.4 Å². The highest BCUT2D eigenvalue weighted by atomic mass is 16.6. The van der Waals surface area contributed by atoms with Crippen molar-refractivity contribution in [2.75, 3.05) is 0 Å². The fourth-order valence-corrected chi connectivity index (χ4v) is 2.97. The van der Waals surface area contributed by atoms with Crippen LogP contribution < -0.4 is 0 Å². The SMILES string of the molecule is CC(C)c1ccc(/C=C2\Cc3ccccc3C2=O)cc1[N+](=O)[O-]. The Morgan fingerprint density at radius 1 is 1.17 bits per heavy atom. The molecule has 3 rings (SSSR count). The van der Waals surface area contributed by atoms with Crippen LogP contribution in [0, 0.1) is 10.1 Å². The van der Waals surface area contributed by atoms with Gasteiger partial charge in [-0.1, -0.05) is 50.2 Å². The maximum Gasteiger partial charge on any atom is 0.273 e. The number of fused-ring (bicyclic) bond motifs is 1. The maximum absolute atomic E-state index is 12.4. The number of benzene rings is 2. The summed E-state index contributed by atoms with van der Waals surface area (Å²) in [6.45, 7) is 3.86. The second-order valence-electron chi connectivity index (χ2n) is 6.06. The second-order valence-corrected chi connectivity index (χ2v) is 6.06. The molecule has 0 saturated carbocycles. The highest BCUT2D eigenvalue weighted by Gasteiger charge is 2.24. The van der Waals surface area contributed by atoms with Crippen LogP contribution in [-0.2, 0) is 6.42 Å². The van der Waals surface area contributed by atoms with E-state index in [1.54, 1.807) is 18.2 Å². The van der Waals surface area contributed by atoms with Gasteiger partial charge in [0, 0.05) is 29.2 Å². The number of allylic oxidation sites excluding steroid dienone is 1. The highest BCUT2D eigenvalue weighted by Crippen LogP contribution is 2.31. The van der Waals surface area contributed by atoms with Gasteiger partial charge < -0.3 is 0 Å². The van der Waals surface area contributed by atoms with Crippen molar-refractivity contribution in [1.29, 1.82) is 0 Å². The van der Waals surface area contributed by atoms with Crippen LogP contribution in [0.1, 0.15) is 46.8 Å². The Morgan fingerprint density at radius 3 is 2.57 bits per heavy atom. The van der Waals surface area contributed by atoms with Crippen molar-refractivity contribution in [2.24, 2.45) is 0 Å². The molecule has 2 aromatic rings. The molecule has 0 spiro atoms. The van der Waals surface area contributed by atoms with Crippen LogP contribution in [0.4, 0.5) is 5.69 Å². The number of nitrogens with zero attached hydrogens (tertiary/aromatic N) is 1. The first-order valence-electron chi connectivity index (χ1n) is 7.59. The van der Waals surface area contributed by atoms with E-state index in [9.17, 15) is 14.9 Å². The summed E-state index contributed by atoms with van der Waals surface area (Å²) >= 11 is 0. The Morgan fingerprint density at radius 2 is 1.91 bits per heavy atom. The standard InChI is InChI=1S/C19H17NO3/c1-12(2)16-8-7-13(10-18(16)20(22)23)9-15-11-14-5-3-4-6-17(14)19(15)21/h3-10,12H,11H2,1-2H3/b15-9+. The lowest BCUT2D eigenvalue weighted by Gasteiger charge is -2.07. The average Bonchev–Trinajstić information content (AvgIpc) is 2.83. The number of carbonyl (C=O) groups excluding carboxylic acids is 1. The summed E-state index contributed by atoms with van der Waals surface area (Å²) in [4.78, 5) is 23.3. The molecule has 0 atom stereocenters. The predicted molar refractivity (Wildman–Crippen MR) is 89.6 cm³/mol. The highest BCUT2D eigenvalue weighted by molar-refractivity contribution is 6.15. The van der Waals surface area contributed by atoms with Gasteiger partial charge in [0.05, 0.1) is 4.92 Å². The molecule has 4 heteroatoms. The number of hydrogen-bond acceptors (Lipinski definition) is 3. The van der Waals surface area contributed by atoms with E-state index in [0.29, 0.717) is 23.1 Å². The summed E-state index contributed by atoms with van der Waals surface area (Å²) in [6, 6.07) is 12.7. The molecule has 1 aliphatic carbocycles. The molecule has 0 aliphatic heterocycles. The molecular weight excluding hydrogens is 290 g/mol. The zero-order valence-corrected chi connectivity index (χ0v) is 13.1. The predicted octanol–water partition coefficient (Wildman–Crippen LogP) is 4.54. The van der Waals surface area contributed by atoms with Gasteiger partial charge in [-0.25, -0.2) is 0 Å². The second kappa shape index (κ2) is 5.80. The third-order valence-corrected chi connectivity index (χ3v) is 4.15. The monoisotopic (exact) mass is 307 g/mol. The fourth-order valence-electron chi connectivity index (χ4n) is 2.97. The van der Waals surface area contributed by atoms with Gasteiger partial charge in [0.15, 0.2) is 5.78 Å². The summed E-state index contributed by atoms with van der Waals surface area (Å²) in [6.07, 6.45) is 2.34. The van der Waals surface area contributed by atoms with Crippen LogP contribution in [0.15, 0.2) is 48.0 Å². The Bertz CT molecular complexity index is 834. The van der Waals surface area contributed by atoms with Crippen LogP contribution in [-0.4, -0.2) is 10.7 Å². The number of hydrogen-bond donors (Lipinski definition) is 0. The third kappa shape index (κ3) is 2.80. The summed E-state index contributed by atoms with van der Waals surface area (Å²) in [5.74, 6) is 0.0886. The van der Waals surface area contributed by atoms with Gasteiger partial charge in [0.2, 0.25) is 0 Å². The van der Waals surface area contributed by atoms with E-state index in [1.165, 1.54) is 0 Å². The van der Waals surface area contributed by atoms with Gasteiger partial charge in [0.25, 0.3) is 5.69 Å². The van der Waals surface area contributed by atoms with E-state index in [-0.39, 0.29) is 22.3 Å². The van der Waals surface area contributed by atoms with Crippen LogP contribution in [0.2, 0.25) is 0 Å². The average molecular weight is 307 g/mol. The minimum atomic E-state index is -0.359. The van der Waals surface area contributed by atoms with Crippen molar-refractivity contribution in [2.45, 2.75) is 26.2 Å². The van der Waals surface area contributed by atoms with Crippen LogP contribution >= 0.6 is 0 Å². The molecule has 0 aromatic heterocycles. The molecule has 23 heavy (non-hydrogen) atoms. The number of rotatable bonds is 3. The lowest BCUT2D eigenvalue weighted by Crippen LogP contribution is -1.99. The van der Waals surface area contributed by atoms with E-state index in [0.717, 1.165) is 11.1 Å². The van der Waals surface area contributed by atoms with E-state index >= 15 is 0 Å². The lowest BCUT2D eigenvalue weighted by atomic mass is 9.98. The van der Waals surface area contributed by atoms with E-state index in [2.05, 4.69) is 0 Å². The minimum absolute atomic E-state index is 0.0104. The molecule has 0 fully saturated rings. The van der Waals surface area contributed by atoms with Crippen molar-refractivity contribution >= 4 is 17.5 Å². The summed E-state index contributed by atoms with van der Waals surface area (Å²) < 4.78 is 0. The molecule has 0 N–H and O–H groups in total. The molecule has 4 nitrogen and oxygen atoms in total. The molecule has 0 saturated heterocycles. The summed E-state index contributed by atoms with van der Waals surface area (Å²) in [7, 11) is 0. The number of nitro benzene ring substituents is 1. The van der Waals surface area contributed by atoms with Crippen LogP contribution in [0.3, 0.4) is 0 Å². The molecule has 116 valence electrons. The molecule has 0 amide bonds. The smallest absolute Gasteiger partial charge is 0.273 e.